The Hall–Kier alpha value is -2.29. The van der Waals surface area contributed by atoms with E-state index in [1.54, 1.807) is 12.1 Å². The van der Waals surface area contributed by atoms with E-state index in [2.05, 4.69) is 17.9 Å². The summed E-state index contributed by atoms with van der Waals surface area (Å²) >= 11 is 0. The molecular formula is C16H17NO2. The van der Waals surface area contributed by atoms with E-state index in [1.165, 1.54) is 5.56 Å². The molecule has 0 aromatic heterocycles. The third kappa shape index (κ3) is 2.94. The van der Waals surface area contributed by atoms with Gasteiger partial charge in [0.15, 0.2) is 0 Å². The standard InChI is InChI=1S/C16H17NO2/c1-12-7-3-6-10-15(12)17(2)11-13-8-4-5-9-14(13)16(18)19/h3-10H,11H2,1-2H3,(H,18,19). The Morgan fingerprint density at radius 1 is 1.11 bits per heavy atom. The van der Waals surface area contributed by atoms with Gasteiger partial charge in [0, 0.05) is 19.3 Å². The zero-order chi connectivity index (χ0) is 13.8. The summed E-state index contributed by atoms with van der Waals surface area (Å²) in [5.74, 6) is -0.881. The number of carboxylic acid groups (broad SMARTS) is 1. The van der Waals surface area contributed by atoms with Crippen molar-refractivity contribution >= 4 is 11.7 Å². The highest BCUT2D eigenvalue weighted by atomic mass is 16.4. The molecule has 0 aliphatic carbocycles. The van der Waals surface area contributed by atoms with E-state index in [0.717, 1.165) is 11.3 Å². The van der Waals surface area contributed by atoms with Gasteiger partial charge >= 0.3 is 5.97 Å². The number of hydrogen-bond acceptors (Lipinski definition) is 2. The Morgan fingerprint density at radius 2 is 1.74 bits per heavy atom. The van der Waals surface area contributed by atoms with Gasteiger partial charge in [0.25, 0.3) is 0 Å². The van der Waals surface area contributed by atoms with Crippen molar-refractivity contribution in [1.82, 2.24) is 0 Å². The minimum Gasteiger partial charge on any atom is -0.478 e. The van der Waals surface area contributed by atoms with Crippen molar-refractivity contribution in [3.63, 3.8) is 0 Å². The first-order valence-electron chi connectivity index (χ1n) is 6.17. The van der Waals surface area contributed by atoms with Gasteiger partial charge in [-0.1, -0.05) is 36.4 Å². The average molecular weight is 255 g/mol. The lowest BCUT2D eigenvalue weighted by molar-refractivity contribution is 0.0695. The molecule has 3 heteroatoms. The van der Waals surface area contributed by atoms with Crippen LogP contribution in [-0.4, -0.2) is 18.1 Å². The van der Waals surface area contributed by atoms with Crippen LogP contribution in [0.25, 0.3) is 0 Å². The molecule has 2 aromatic rings. The Bertz CT molecular complexity index is 593. The van der Waals surface area contributed by atoms with Gasteiger partial charge < -0.3 is 10.0 Å². The first-order chi connectivity index (χ1) is 9.09. The number of aromatic carboxylic acids is 1. The zero-order valence-electron chi connectivity index (χ0n) is 11.1. The van der Waals surface area contributed by atoms with Crippen LogP contribution in [0.15, 0.2) is 48.5 Å². The van der Waals surface area contributed by atoms with Gasteiger partial charge in [-0.15, -0.1) is 0 Å². The monoisotopic (exact) mass is 255 g/mol. The topological polar surface area (TPSA) is 40.5 Å². The maximum absolute atomic E-state index is 11.2. The quantitative estimate of drug-likeness (QED) is 0.911. The Balaban J connectivity index is 2.27. The SMILES string of the molecule is Cc1ccccc1N(C)Cc1ccccc1C(=O)O. The highest BCUT2D eigenvalue weighted by Gasteiger charge is 2.11. The second-order valence-electron chi connectivity index (χ2n) is 4.60. The van der Waals surface area contributed by atoms with E-state index in [9.17, 15) is 9.90 Å². The summed E-state index contributed by atoms with van der Waals surface area (Å²) in [7, 11) is 1.97. The van der Waals surface area contributed by atoms with E-state index < -0.39 is 5.97 Å². The smallest absolute Gasteiger partial charge is 0.336 e. The van der Waals surface area contributed by atoms with Crippen molar-refractivity contribution in [2.75, 3.05) is 11.9 Å². The van der Waals surface area contributed by atoms with Crippen molar-refractivity contribution < 1.29 is 9.90 Å². The number of para-hydroxylation sites is 1. The molecule has 3 nitrogen and oxygen atoms in total. The van der Waals surface area contributed by atoms with E-state index in [4.69, 9.17) is 0 Å². The summed E-state index contributed by atoms with van der Waals surface area (Å²) in [5, 5.41) is 9.19. The molecule has 0 saturated heterocycles. The van der Waals surface area contributed by atoms with Crippen LogP contribution in [0.5, 0.6) is 0 Å². The van der Waals surface area contributed by atoms with Crippen molar-refractivity contribution in [2.24, 2.45) is 0 Å². The molecule has 0 spiro atoms. The number of nitrogens with zero attached hydrogens (tertiary/aromatic N) is 1. The Labute approximate surface area is 113 Å². The van der Waals surface area contributed by atoms with Crippen molar-refractivity contribution in [3.8, 4) is 0 Å². The predicted molar refractivity (Wildman–Crippen MR) is 76.7 cm³/mol. The molecule has 2 rings (SSSR count). The van der Waals surface area contributed by atoms with Crippen molar-refractivity contribution in [3.05, 3.63) is 65.2 Å². The van der Waals surface area contributed by atoms with Gasteiger partial charge in [0.2, 0.25) is 0 Å². The number of anilines is 1. The van der Waals surface area contributed by atoms with Crippen molar-refractivity contribution in [1.29, 1.82) is 0 Å². The summed E-state index contributed by atoms with van der Waals surface area (Å²) in [5.41, 5.74) is 3.48. The predicted octanol–water partition coefficient (Wildman–Crippen LogP) is 3.33. The van der Waals surface area contributed by atoms with Crippen LogP contribution < -0.4 is 4.90 Å². The molecule has 0 heterocycles. The maximum atomic E-state index is 11.2. The van der Waals surface area contributed by atoms with Gasteiger partial charge in [-0.2, -0.15) is 0 Å². The molecule has 2 aromatic carbocycles. The Morgan fingerprint density at radius 3 is 2.42 bits per heavy atom. The van der Waals surface area contributed by atoms with Gasteiger partial charge in [-0.05, 0) is 30.2 Å². The first-order valence-corrected chi connectivity index (χ1v) is 6.17. The zero-order valence-corrected chi connectivity index (χ0v) is 11.1. The second-order valence-corrected chi connectivity index (χ2v) is 4.60. The van der Waals surface area contributed by atoms with E-state index in [0.29, 0.717) is 12.1 Å². The molecule has 0 radical (unpaired) electrons. The second kappa shape index (κ2) is 5.57. The van der Waals surface area contributed by atoms with Crippen LogP contribution in [0.1, 0.15) is 21.5 Å². The lowest BCUT2D eigenvalue weighted by Crippen LogP contribution is -2.19. The fourth-order valence-corrected chi connectivity index (χ4v) is 2.20. The summed E-state index contributed by atoms with van der Waals surface area (Å²) < 4.78 is 0. The van der Waals surface area contributed by atoms with E-state index >= 15 is 0 Å². The van der Waals surface area contributed by atoms with Gasteiger partial charge in [-0.3, -0.25) is 0 Å². The molecule has 0 aliphatic rings. The van der Waals surface area contributed by atoms with Crippen molar-refractivity contribution in [2.45, 2.75) is 13.5 Å². The fourth-order valence-electron chi connectivity index (χ4n) is 2.20. The third-order valence-electron chi connectivity index (χ3n) is 3.18. The normalized spacial score (nSPS) is 10.2. The highest BCUT2D eigenvalue weighted by molar-refractivity contribution is 5.89. The number of benzene rings is 2. The minimum absolute atomic E-state index is 0.364. The Kier molecular flexibility index (Phi) is 3.85. The van der Waals surface area contributed by atoms with E-state index in [1.807, 2.05) is 37.4 Å². The molecule has 0 aliphatic heterocycles. The molecule has 0 amide bonds. The molecule has 0 saturated carbocycles. The number of aryl methyl sites for hydroxylation is 1. The molecule has 0 fully saturated rings. The maximum Gasteiger partial charge on any atom is 0.336 e. The molecule has 1 N–H and O–H groups in total. The highest BCUT2D eigenvalue weighted by Crippen LogP contribution is 2.21. The summed E-state index contributed by atoms with van der Waals surface area (Å²) in [6, 6.07) is 15.2. The molecule has 98 valence electrons. The number of hydrogen-bond donors (Lipinski definition) is 1. The van der Waals surface area contributed by atoms with Crippen LogP contribution in [0.2, 0.25) is 0 Å². The largest absolute Gasteiger partial charge is 0.478 e. The lowest BCUT2D eigenvalue weighted by atomic mass is 10.1. The molecule has 0 bridgehead atoms. The van der Waals surface area contributed by atoms with Crippen LogP contribution in [0.4, 0.5) is 5.69 Å². The average Bonchev–Trinajstić information content (AvgIpc) is 2.39. The van der Waals surface area contributed by atoms with Gasteiger partial charge in [0.1, 0.15) is 0 Å². The number of carboxylic acids is 1. The minimum atomic E-state index is -0.881. The summed E-state index contributed by atoms with van der Waals surface area (Å²) in [4.78, 5) is 13.3. The summed E-state index contributed by atoms with van der Waals surface area (Å²) in [6.07, 6.45) is 0. The molecule has 0 unspecified atom stereocenters. The van der Waals surface area contributed by atoms with E-state index in [-0.39, 0.29) is 0 Å². The number of carbonyl (C=O) groups is 1. The molecule has 0 atom stereocenters. The first kappa shape index (κ1) is 13.1. The van der Waals surface area contributed by atoms with Crippen LogP contribution >= 0.6 is 0 Å². The lowest BCUT2D eigenvalue weighted by Gasteiger charge is -2.22. The van der Waals surface area contributed by atoms with Gasteiger partial charge in [0.05, 0.1) is 5.56 Å². The molecule has 19 heavy (non-hydrogen) atoms. The fraction of sp³-hybridized carbons (Fsp3) is 0.188. The third-order valence-corrected chi connectivity index (χ3v) is 3.18. The number of rotatable bonds is 4. The van der Waals surface area contributed by atoms with Gasteiger partial charge in [-0.25, -0.2) is 4.79 Å². The van der Waals surface area contributed by atoms with Crippen LogP contribution in [0.3, 0.4) is 0 Å². The van der Waals surface area contributed by atoms with Crippen LogP contribution in [0, 0.1) is 6.92 Å². The van der Waals surface area contributed by atoms with Crippen LogP contribution in [-0.2, 0) is 6.54 Å². The molecular weight excluding hydrogens is 238 g/mol. The summed E-state index contributed by atoms with van der Waals surface area (Å²) in [6.45, 7) is 2.63.